The Morgan fingerprint density at radius 2 is 1.35 bits per heavy atom. The van der Waals surface area contributed by atoms with E-state index in [0.717, 1.165) is 0 Å². The molecule has 0 aromatic heterocycles. The number of amides is 1. The van der Waals surface area contributed by atoms with Gasteiger partial charge in [-0.2, -0.15) is 0 Å². The van der Waals surface area contributed by atoms with Gasteiger partial charge in [0.1, 0.15) is 5.75 Å². The highest BCUT2D eigenvalue weighted by Gasteiger charge is 2.15. The lowest BCUT2D eigenvalue weighted by atomic mass is 9.95. The fourth-order valence-electron chi connectivity index (χ4n) is 2.68. The van der Waals surface area contributed by atoms with Gasteiger partial charge in [0.2, 0.25) is 0 Å². The van der Waals surface area contributed by atoms with Crippen molar-refractivity contribution in [3.8, 4) is 16.9 Å². The maximum Gasteiger partial charge on any atom is 0.256 e. The van der Waals surface area contributed by atoms with Crippen LogP contribution in [0.25, 0.3) is 11.1 Å². The molecule has 26 heavy (non-hydrogen) atoms. The predicted molar refractivity (Wildman–Crippen MR) is 97.2 cm³/mol. The molecule has 0 atom stereocenters. The molecule has 0 aliphatic heterocycles. The smallest absolute Gasteiger partial charge is 0.256 e. The Labute approximate surface area is 150 Å². The normalized spacial score (nSPS) is 10.2. The van der Waals surface area contributed by atoms with Crippen molar-refractivity contribution in [2.75, 3.05) is 12.4 Å². The molecule has 0 bridgehead atoms. The molecule has 5 nitrogen and oxygen atoms in total. The summed E-state index contributed by atoms with van der Waals surface area (Å²) in [6.45, 7) is 0. The molecular formula is C21H16NO4-. The Bertz CT molecular complexity index is 948. The highest BCUT2D eigenvalue weighted by molar-refractivity contribution is 6.10. The topological polar surface area (TPSA) is 78.5 Å². The second-order valence-electron chi connectivity index (χ2n) is 5.56. The van der Waals surface area contributed by atoms with Crippen molar-refractivity contribution in [2.45, 2.75) is 0 Å². The fourth-order valence-corrected chi connectivity index (χ4v) is 2.68. The number of nitrogens with one attached hydrogen (secondary N) is 1. The molecule has 3 aromatic carbocycles. The monoisotopic (exact) mass is 346 g/mol. The van der Waals surface area contributed by atoms with Crippen LogP contribution in [0.2, 0.25) is 0 Å². The van der Waals surface area contributed by atoms with E-state index in [4.69, 9.17) is 4.74 Å². The number of carbonyl (C=O) groups excluding carboxylic acids is 2. The largest absolute Gasteiger partial charge is 0.545 e. The summed E-state index contributed by atoms with van der Waals surface area (Å²) in [5.74, 6) is -0.934. The molecule has 0 fully saturated rings. The average Bonchev–Trinajstić information content (AvgIpc) is 2.68. The molecular weight excluding hydrogens is 330 g/mol. The van der Waals surface area contributed by atoms with Crippen LogP contribution in [0.15, 0.2) is 72.8 Å². The molecule has 0 unspecified atom stereocenters. The molecule has 1 amide bonds. The number of anilines is 1. The van der Waals surface area contributed by atoms with Crippen LogP contribution in [0, 0.1) is 0 Å². The van der Waals surface area contributed by atoms with Crippen molar-refractivity contribution in [1.82, 2.24) is 0 Å². The highest BCUT2D eigenvalue weighted by atomic mass is 16.5. The lowest BCUT2D eigenvalue weighted by Gasteiger charge is -2.14. The second-order valence-corrected chi connectivity index (χ2v) is 5.56. The van der Waals surface area contributed by atoms with Gasteiger partial charge in [0.15, 0.2) is 0 Å². The van der Waals surface area contributed by atoms with Gasteiger partial charge in [0.05, 0.1) is 13.1 Å². The lowest BCUT2D eigenvalue weighted by molar-refractivity contribution is -0.254. The predicted octanol–water partition coefficient (Wildman–Crippen LogP) is 2.98. The quantitative estimate of drug-likeness (QED) is 0.770. The molecule has 0 saturated carbocycles. The summed E-state index contributed by atoms with van der Waals surface area (Å²) in [6, 6.07) is 20.3. The Morgan fingerprint density at radius 3 is 1.92 bits per heavy atom. The Balaban J connectivity index is 1.96. The summed E-state index contributed by atoms with van der Waals surface area (Å²) < 4.78 is 5.10. The number of hydrogen-bond donors (Lipinski definition) is 1. The number of rotatable bonds is 5. The van der Waals surface area contributed by atoms with E-state index in [0.29, 0.717) is 28.1 Å². The van der Waals surface area contributed by atoms with Gasteiger partial charge in [0, 0.05) is 16.8 Å². The van der Waals surface area contributed by atoms with Gasteiger partial charge < -0.3 is 20.0 Å². The molecule has 3 aromatic rings. The molecule has 0 radical (unpaired) electrons. The van der Waals surface area contributed by atoms with Crippen LogP contribution < -0.4 is 15.2 Å². The van der Waals surface area contributed by atoms with E-state index in [2.05, 4.69) is 5.32 Å². The van der Waals surface area contributed by atoms with Gasteiger partial charge in [-0.15, -0.1) is 0 Å². The molecule has 0 aliphatic rings. The van der Waals surface area contributed by atoms with Crippen LogP contribution in [0.3, 0.4) is 0 Å². The first-order valence-electron chi connectivity index (χ1n) is 7.95. The maximum absolute atomic E-state index is 12.7. The lowest BCUT2D eigenvalue weighted by Crippen LogP contribution is -2.23. The van der Waals surface area contributed by atoms with E-state index in [1.165, 1.54) is 6.07 Å². The zero-order valence-electron chi connectivity index (χ0n) is 14.1. The van der Waals surface area contributed by atoms with E-state index >= 15 is 0 Å². The summed E-state index contributed by atoms with van der Waals surface area (Å²) in [4.78, 5) is 24.1. The van der Waals surface area contributed by atoms with Gasteiger partial charge in [-0.3, -0.25) is 4.79 Å². The summed E-state index contributed by atoms with van der Waals surface area (Å²) in [5.41, 5.74) is 1.99. The zero-order valence-corrected chi connectivity index (χ0v) is 14.1. The van der Waals surface area contributed by atoms with E-state index in [-0.39, 0.29) is 11.5 Å². The van der Waals surface area contributed by atoms with E-state index in [1.54, 1.807) is 73.8 Å². The molecule has 0 aliphatic carbocycles. The molecule has 0 spiro atoms. The van der Waals surface area contributed by atoms with E-state index < -0.39 is 5.97 Å². The van der Waals surface area contributed by atoms with Gasteiger partial charge >= 0.3 is 0 Å². The van der Waals surface area contributed by atoms with Crippen LogP contribution in [0.5, 0.6) is 5.75 Å². The van der Waals surface area contributed by atoms with Crippen LogP contribution in [-0.2, 0) is 0 Å². The zero-order chi connectivity index (χ0) is 18.5. The number of carbonyl (C=O) groups is 2. The summed E-state index contributed by atoms with van der Waals surface area (Å²) >= 11 is 0. The first-order chi connectivity index (χ1) is 12.6. The van der Waals surface area contributed by atoms with Crippen LogP contribution >= 0.6 is 0 Å². The van der Waals surface area contributed by atoms with Crippen LogP contribution in [-0.4, -0.2) is 19.0 Å². The Morgan fingerprint density at radius 1 is 0.808 bits per heavy atom. The standard InChI is InChI=1S/C21H17NO4/c1-26-15-12-10-14(11-13-15)22-20(23)18-8-4-2-6-16(18)17-7-3-5-9-19(17)21(24)25/h2-13H,1H3,(H,22,23)(H,24,25)/p-1. The Hall–Kier alpha value is -3.60. The summed E-state index contributed by atoms with van der Waals surface area (Å²) in [5, 5.41) is 14.2. The van der Waals surface area contributed by atoms with Gasteiger partial charge in [-0.25, -0.2) is 0 Å². The minimum absolute atomic E-state index is 0.0391. The van der Waals surface area contributed by atoms with Gasteiger partial charge in [-0.1, -0.05) is 42.5 Å². The van der Waals surface area contributed by atoms with Crippen molar-refractivity contribution in [1.29, 1.82) is 0 Å². The van der Waals surface area contributed by atoms with Crippen molar-refractivity contribution in [2.24, 2.45) is 0 Å². The van der Waals surface area contributed by atoms with Crippen molar-refractivity contribution in [3.63, 3.8) is 0 Å². The third kappa shape index (κ3) is 3.57. The SMILES string of the molecule is COc1ccc(NC(=O)c2ccccc2-c2ccccc2C(=O)[O-])cc1. The van der Waals surface area contributed by atoms with Crippen molar-refractivity contribution in [3.05, 3.63) is 83.9 Å². The van der Waals surface area contributed by atoms with Gasteiger partial charge in [-0.05, 0) is 41.5 Å². The maximum atomic E-state index is 12.7. The molecule has 0 saturated heterocycles. The number of benzene rings is 3. The van der Waals surface area contributed by atoms with Crippen molar-refractivity contribution < 1.29 is 19.4 Å². The molecule has 5 heteroatoms. The summed E-state index contributed by atoms with van der Waals surface area (Å²) in [7, 11) is 1.57. The number of carboxylic acid groups (broad SMARTS) is 1. The first kappa shape index (κ1) is 17.2. The Kier molecular flexibility index (Phi) is 4.99. The molecule has 3 rings (SSSR count). The molecule has 130 valence electrons. The van der Waals surface area contributed by atoms with E-state index in [9.17, 15) is 14.7 Å². The second kappa shape index (κ2) is 7.53. The number of ether oxygens (including phenoxy) is 1. The minimum atomic E-state index is -1.29. The number of methoxy groups -OCH3 is 1. The highest BCUT2D eigenvalue weighted by Crippen LogP contribution is 2.28. The third-order valence-electron chi connectivity index (χ3n) is 3.96. The third-order valence-corrected chi connectivity index (χ3v) is 3.96. The molecule has 1 N–H and O–H groups in total. The minimum Gasteiger partial charge on any atom is -0.545 e. The average molecular weight is 346 g/mol. The van der Waals surface area contributed by atoms with Crippen LogP contribution in [0.1, 0.15) is 20.7 Å². The van der Waals surface area contributed by atoms with Gasteiger partial charge in [0.25, 0.3) is 5.91 Å². The van der Waals surface area contributed by atoms with Crippen molar-refractivity contribution >= 4 is 17.6 Å². The number of carboxylic acids is 1. The first-order valence-corrected chi connectivity index (χ1v) is 7.95. The summed E-state index contributed by atoms with van der Waals surface area (Å²) in [6.07, 6.45) is 0. The van der Waals surface area contributed by atoms with E-state index in [1.807, 2.05) is 0 Å². The number of hydrogen-bond acceptors (Lipinski definition) is 4. The fraction of sp³-hybridized carbons (Fsp3) is 0.0476. The number of aromatic carboxylic acids is 1. The molecule has 0 heterocycles. The van der Waals surface area contributed by atoms with Crippen LogP contribution in [0.4, 0.5) is 5.69 Å².